The summed E-state index contributed by atoms with van der Waals surface area (Å²) in [5, 5.41) is 5.71. The van der Waals surface area contributed by atoms with Gasteiger partial charge < -0.3 is 0 Å². The Balaban J connectivity index is 2.26. The van der Waals surface area contributed by atoms with E-state index in [-0.39, 0.29) is 0 Å². The lowest BCUT2D eigenvalue weighted by Crippen LogP contribution is -1.90. The summed E-state index contributed by atoms with van der Waals surface area (Å²) >= 11 is 0. The Hall–Kier alpha value is -1.82. The van der Waals surface area contributed by atoms with E-state index in [0.29, 0.717) is 0 Å². The number of rotatable bonds is 0. The largest absolute Gasteiger partial charge is 0.0616 e. The summed E-state index contributed by atoms with van der Waals surface area (Å²) in [7, 11) is 0. The smallest absolute Gasteiger partial charge is 0.00732 e. The van der Waals surface area contributed by atoms with Crippen LogP contribution in [0.1, 0.15) is 23.1 Å². The van der Waals surface area contributed by atoms with Crippen LogP contribution in [-0.4, -0.2) is 0 Å². The van der Waals surface area contributed by atoms with Gasteiger partial charge in [0.15, 0.2) is 0 Å². The van der Waals surface area contributed by atoms with Gasteiger partial charge >= 0.3 is 0 Å². The molecule has 4 rings (SSSR count). The number of hydrogen-bond donors (Lipinski definition) is 0. The molecule has 0 aromatic heterocycles. The molecule has 1 aliphatic carbocycles. The summed E-state index contributed by atoms with van der Waals surface area (Å²) in [6, 6.07) is 15.8. The van der Waals surface area contributed by atoms with Gasteiger partial charge in [0.25, 0.3) is 0 Å². The zero-order valence-electron chi connectivity index (χ0n) is 10.7. The van der Waals surface area contributed by atoms with Crippen molar-refractivity contribution in [2.75, 3.05) is 0 Å². The molecular weight excluding hydrogens is 216 g/mol. The molecule has 0 saturated heterocycles. The van der Waals surface area contributed by atoms with E-state index in [1.54, 1.807) is 11.1 Å². The van der Waals surface area contributed by atoms with Crippen LogP contribution in [0.4, 0.5) is 0 Å². The van der Waals surface area contributed by atoms with E-state index in [4.69, 9.17) is 0 Å². The van der Waals surface area contributed by atoms with Gasteiger partial charge in [-0.1, -0.05) is 42.5 Å². The fraction of sp³-hybridized carbons (Fsp3) is 0.222. The Morgan fingerprint density at radius 1 is 0.889 bits per heavy atom. The number of fused-ring (bicyclic) bond motifs is 5. The predicted molar refractivity (Wildman–Crippen MR) is 78.2 cm³/mol. The first-order chi connectivity index (χ1) is 8.84. The van der Waals surface area contributed by atoms with E-state index < -0.39 is 0 Å². The Kier molecular flexibility index (Phi) is 2.02. The summed E-state index contributed by atoms with van der Waals surface area (Å²) in [6.45, 7) is 2.26. The molecule has 0 amide bonds. The maximum absolute atomic E-state index is 2.41. The van der Waals surface area contributed by atoms with Crippen LogP contribution in [0.15, 0.2) is 42.5 Å². The first kappa shape index (κ1) is 10.1. The van der Waals surface area contributed by atoms with Crippen molar-refractivity contribution in [3.63, 3.8) is 0 Å². The predicted octanol–water partition coefficient (Wildman–Crippen LogP) is 4.79. The highest BCUT2D eigenvalue weighted by molar-refractivity contribution is 6.10. The molecular formula is C18H16. The third-order valence-corrected chi connectivity index (χ3v) is 4.30. The lowest BCUT2D eigenvalue weighted by atomic mass is 9.93. The van der Waals surface area contributed by atoms with Gasteiger partial charge in [-0.3, -0.25) is 0 Å². The van der Waals surface area contributed by atoms with Gasteiger partial charge in [0.1, 0.15) is 0 Å². The second kappa shape index (κ2) is 3.58. The molecule has 0 spiro atoms. The van der Waals surface area contributed by atoms with Crippen LogP contribution >= 0.6 is 0 Å². The lowest BCUT2D eigenvalue weighted by Gasteiger charge is -2.12. The van der Waals surface area contributed by atoms with Gasteiger partial charge in [-0.25, -0.2) is 0 Å². The molecule has 88 valence electrons. The average Bonchev–Trinajstić information content (AvgIpc) is 2.86. The van der Waals surface area contributed by atoms with E-state index in [1.165, 1.54) is 46.4 Å². The molecule has 0 nitrogen and oxygen atoms in total. The van der Waals surface area contributed by atoms with Crippen molar-refractivity contribution in [3.8, 4) is 0 Å². The normalized spacial score (nSPS) is 14.3. The Morgan fingerprint density at radius 3 is 2.72 bits per heavy atom. The first-order valence-corrected chi connectivity index (χ1v) is 6.77. The van der Waals surface area contributed by atoms with Crippen molar-refractivity contribution in [1.29, 1.82) is 0 Å². The molecule has 0 fully saturated rings. The minimum absolute atomic E-state index is 1.25. The highest BCUT2D eigenvalue weighted by Gasteiger charge is 2.16. The monoisotopic (exact) mass is 232 g/mol. The van der Waals surface area contributed by atoms with Gasteiger partial charge in [-0.15, -0.1) is 0 Å². The van der Waals surface area contributed by atoms with Crippen molar-refractivity contribution in [1.82, 2.24) is 0 Å². The third kappa shape index (κ3) is 1.26. The van der Waals surface area contributed by atoms with E-state index in [9.17, 15) is 0 Å². The van der Waals surface area contributed by atoms with Crippen LogP contribution in [0.2, 0.25) is 0 Å². The van der Waals surface area contributed by atoms with Crippen molar-refractivity contribution in [2.24, 2.45) is 0 Å². The quantitative estimate of drug-likeness (QED) is 0.489. The van der Waals surface area contributed by atoms with E-state index in [1.807, 2.05) is 0 Å². The Labute approximate surface area is 107 Å². The Bertz CT molecular complexity index is 766. The molecule has 0 N–H and O–H groups in total. The van der Waals surface area contributed by atoms with E-state index in [0.717, 1.165) is 0 Å². The van der Waals surface area contributed by atoms with Crippen LogP contribution in [0.5, 0.6) is 0 Å². The van der Waals surface area contributed by atoms with Gasteiger partial charge in [0.05, 0.1) is 0 Å². The van der Waals surface area contributed by atoms with Crippen molar-refractivity contribution < 1.29 is 0 Å². The molecule has 0 atom stereocenters. The summed E-state index contributed by atoms with van der Waals surface area (Å²) in [5.74, 6) is 0. The molecule has 3 aromatic carbocycles. The lowest BCUT2D eigenvalue weighted by molar-refractivity contribution is 0.913. The van der Waals surface area contributed by atoms with Crippen LogP contribution in [-0.2, 0) is 12.8 Å². The standard InChI is InChI=1S/C18H16/c1-12-11-14-6-4-8-15(14)17-10-9-13-5-2-3-7-16(13)18(12)17/h2-3,5,7,9-11H,4,6,8H2,1H3. The van der Waals surface area contributed by atoms with Gasteiger partial charge in [0, 0.05) is 0 Å². The number of hydrogen-bond acceptors (Lipinski definition) is 0. The summed E-state index contributed by atoms with van der Waals surface area (Å²) in [4.78, 5) is 0. The van der Waals surface area contributed by atoms with Crippen LogP contribution < -0.4 is 0 Å². The highest BCUT2D eigenvalue weighted by Crippen LogP contribution is 2.36. The second-order valence-corrected chi connectivity index (χ2v) is 5.39. The van der Waals surface area contributed by atoms with E-state index >= 15 is 0 Å². The molecule has 1 aliphatic rings. The topological polar surface area (TPSA) is 0 Å². The van der Waals surface area contributed by atoms with Crippen LogP contribution in [0, 0.1) is 6.92 Å². The van der Waals surface area contributed by atoms with Gasteiger partial charge in [0.2, 0.25) is 0 Å². The van der Waals surface area contributed by atoms with Crippen molar-refractivity contribution >= 4 is 21.5 Å². The second-order valence-electron chi connectivity index (χ2n) is 5.39. The van der Waals surface area contributed by atoms with Crippen LogP contribution in [0.25, 0.3) is 21.5 Å². The molecule has 0 unspecified atom stereocenters. The fourth-order valence-electron chi connectivity index (χ4n) is 3.52. The Morgan fingerprint density at radius 2 is 1.78 bits per heavy atom. The third-order valence-electron chi connectivity index (χ3n) is 4.30. The van der Waals surface area contributed by atoms with Gasteiger partial charge in [-0.05, 0) is 64.4 Å². The van der Waals surface area contributed by atoms with Crippen molar-refractivity contribution in [2.45, 2.75) is 26.2 Å². The maximum Gasteiger partial charge on any atom is -0.00732 e. The van der Waals surface area contributed by atoms with Crippen molar-refractivity contribution in [3.05, 3.63) is 59.2 Å². The summed E-state index contributed by atoms with van der Waals surface area (Å²) < 4.78 is 0. The van der Waals surface area contributed by atoms with E-state index in [2.05, 4.69) is 49.4 Å². The molecule has 18 heavy (non-hydrogen) atoms. The molecule has 0 saturated carbocycles. The van der Waals surface area contributed by atoms with Gasteiger partial charge in [-0.2, -0.15) is 0 Å². The van der Waals surface area contributed by atoms with Crippen LogP contribution in [0.3, 0.4) is 0 Å². The average molecular weight is 232 g/mol. The zero-order valence-corrected chi connectivity index (χ0v) is 10.7. The highest BCUT2D eigenvalue weighted by atomic mass is 14.2. The zero-order chi connectivity index (χ0) is 12.1. The molecule has 0 aliphatic heterocycles. The minimum Gasteiger partial charge on any atom is -0.0616 e. The molecule has 3 aromatic rings. The molecule has 0 heteroatoms. The molecule has 0 bridgehead atoms. The SMILES string of the molecule is Cc1cc2c(c3ccc4ccccc4c13)CCC2. The number of aryl methyl sites for hydroxylation is 3. The summed E-state index contributed by atoms with van der Waals surface area (Å²) in [6.07, 6.45) is 3.84. The first-order valence-electron chi connectivity index (χ1n) is 6.77. The minimum atomic E-state index is 1.25. The number of benzene rings is 3. The molecule has 0 heterocycles. The summed E-state index contributed by atoms with van der Waals surface area (Å²) in [5.41, 5.74) is 4.61. The molecule has 0 radical (unpaired) electrons. The maximum atomic E-state index is 2.41. The fourth-order valence-corrected chi connectivity index (χ4v) is 3.52.